The highest BCUT2D eigenvalue weighted by Crippen LogP contribution is 2.25. The number of aryl methyl sites for hydroxylation is 1. The Bertz CT molecular complexity index is 811. The average molecular weight is 374 g/mol. The highest BCUT2D eigenvalue weighted by atomic mass is 32.2. The van der Waals surface area contributed by atoms with Crippen molar-refractivity contribution in [3.63, 3.8) is 0 Å². The largest absolute Gasteiger partial charge is 0.490 e. The molecule has 136 valence electrons. The van der Waals surface area contributed by atoms with Crippen molar-refractivity contribution in [1.29, 1.82) is 0 Å². The third-order valence-electron chi connectivity index (χ3n) is 4.09. The number of hydrogen-bond donors (Lipinski definition) is 1. The van der Waals surface area contributed by atoms with Crippen LogP contribution in [0.4, 0.5) is 9.18 Å². The molecule has 0 radical (unpaired) electrons. The van der Waals surface area contributed by atoms with Crippen LogP contribution in [0.1, 0.15) is 23.7 Å². The van der Waals surface area contributed by atoms with Gasteiger partial charge in [-0.2, -0.15) is 0 Å². The molecule has 26 heavy (non-hydrogen) atoms. The highest BCUT2D eigenvalue weighted by Gasteiger charge is 2.31. The lowest BCUT2D eigenvalue weighted by atomic mass is 10.1. The van der Waals surface area contributed by atoms with Crippen molar-refractivity contribution in [2.45, 2.75) is 31.4 Å². The molecule has 1 fully saturated rings. The normalized spacial score (nSPS) is 16.6. The molecule has 1 saturated heterocycles. The lowest BCUT2D eigenvalue weighted by Crippen LogP contribution is -2.25. The van der Waals surface area contributed by atoms with Gasteiger partial charge in [-0.1, -0.05) is 30.8 Å². The van der Waals surface area contributed by atoms with Gasteiger partial charge in [-0.05, 0) is 42.2 Å². The van der Waals surface area contributed by atoms with Crippen molar-refractivity contribution in [2.75, 3.05) is 6.61 Å². The first-order chi connectivity index (χ1) is 12.5. The number of aromatic nitrogens is 1. The van der Waals surface area contributed by atoms with Gasteiger partial charge < -0.3 is 4.74 Å². The molecule has 1 unspecified atom stereocenters. The first-order valence-electron chi connectivity index (χ1n) is 8.41. The van der Waals surface area contributed by atoms with E-state index in [4.69, 9.17) is 4.74 Å². The Morgan fingerprint density at radius 3 is 2.65 bits per heavy atom. The van der Waals surface area contributed by atoms with E-state index < -0.39 is 11.1 Å². The van der Waals surface area contributed by atoms with Gasteiger partial charge in [0.2, 0.25) is 5.91 Å². The van der Waals surface area contributed by atoms with Gasteiger partial charge in [0.25, 0.3) is 5.24 Å². The number of ether oxygens (including phenoxy) is 1. The molecule has 0 aliphatic carbocycles. The number of benzene rings is 1. The van der Waals surface area contributed by atoms with Crippen molar-refractivity contribution >= 4 is 22.9 Å². The highest BCUT2D eigenvalue weighted by molar-refractivity contribution is 8.15. The van der Waals surface area contributed by atoms with Crippen LogP contribution in [0.2, 0.25) is 0 Å². The lowest BCUT2D eigenvalue weighted by molar-refractivity contribution is -0.118. The zero-order valence-electron chi connectivity index (χ0n) is 14.3. The van der Waals surface area contributed by atoms with Crippen molar-refractivity contribution in [1.82, 2.24) is 10.3 Å². The van der Waals surface area contributed by atoms with Crippen LogP contribution in [0.15, 0.2) is 36.5 Å². The Labute approximate surface area is 155 Å². The van der Waals surface area contributed by atoms with Gasteiger partial charge in [0.05, 0.1) is 11.9 Å². The van der Waals surface area contributed by atoms with Gasteiger partial charge in [0, 0.05) is 18.3 Å². The zero-order chi connectivity index (χ0) is 18.5. The maximum atomic E-state index is 14.2. The first-order valence-corrected chi connectivity index (χ1v) is 9.29. The second kappa shape index (κ2) is 8.31. The summed E-state index contributed by atoms with van der Waals surface area (Å²) in [6, 6.07) is 8.59. The van der Waals surface area contributed by atoms with E-state index >= 15 is 0 Å². The van der Waals surface area contributed by atoms with Crippen LogP contribution in [-0.4, -0.2) is 28.0 Å². The molecule has 1 aromatic heterocycles. The van der Waals surface area contributed by atoms with Crippen LogP contribution in [0.3, 0.4) is 0 Å². The minimum Gasteiger partial charge on any atom is -0.490 e. The Kier molecular flexibility index (Phi) is 5.88. The van der Waals surface area contributed by atoms with Crippen LogP contribution in [0, 0.1) is 5.82 Å². The third kappa shape index (κ3) is 4.60. The van der Waals surface area contributed by atoms with Crippen LogP contribution < -0.4 is 10.1 Å². The number of imide groups is 1. The van der Waals surface area contributed by atoms with Crippen LogP contribution in [-0.2, 0) is 24.1 Å². The number of halogens is 1. The summed E-state index contributed by atoms with van der Waals surface area (Å²) in [5.74, 6) is -0.646. The molecule has 7 heteroatoms. The van der Waals surface area contributed by atoms with Gasteiger partial charge in [-0.25, -0.2) is 4.39 Å². The summed E-state index contributed by atoms with van der Waals surface area (Å²) in [5.41, 5.74) is 2.72. The number of amides is 2. The van der Waals surface area contributed by atoms with E-state index in [2.05, 4.69) is 17.2 Å². The zero-order valence-corrected chi connectivity index (χ0v) is 15.1. The lowest BCUT2D eigenvalue weighted by Gasteiger charge is -2.10. The molecule has 0 bridgehead atoms. The first kappa shape index (κ1) is 18.4. The van der Waals surface area contributed by atoms with E-state index in [1.807, 2.05) is 18.3 Å². The maximum absolute atomic E-state index is 14.2. The van der Waals surface area contributed by atoms with Crippen LogP contribution >= 0.6 is 11.8 Å². The van der Waals surface area contributed by atoms with E-state index in [-0.39, 0.29) is 16.9 Å². The van der Waals surface area contributed by atoms with E-state index in [0.29, 0.717) is 25.0 Å². The molecule has 1 N–H and O–H groups in total. The predicted octanol–water partition coefficient (Wildman–Crippen LogP) is 3.30. The molecule has 0 spiro atoms. The topological polar surface area (TPSA) is 68.3 Å². The Balaban J connectivity index is 1.54. The molecule has 3 rings (SSSR count). The van der Waals surface area contributed by atoms with E-state index in [9.17, 15) is 14.0 Å². The van der Waals surface area contributed by atoms with Gasteiger partial charge in [0.1, 0.15) is 0 Å². The van der Waals surface area contributed by atoms with Gasteiger partial charge in [-0.15, -0.1) is 0 Å². The SMILES string of the molecule is CCc1ccc(CCOc2ccc(CC3SC(=O)NC3=O)cc2F)nc1. The monoisotopic (exact) mass is 374 g/mol. The molecule has 1 aliphatic heterocycles. The fraction of sp³-hybridized carbons (Fsp3) is 0.316. The Morgan fingerprint density at radius 1 is 1.23 bits per heavy atom. The second-order valence-corrected chi connectivity index (χ2v) is 7.14. The molecule has 1 aromatic carbocycles. The fourth-order valence-electron chi connectivity index (χ4n) is 2.61. The maximum Gasteiger partial charge on any atom is 0.286 e. The molecule has 5 nitrogen and oxygen atoms in total. The van der Waals surface area contributed by atoms with Crippen molar-refractivity contribution < 1.29 is 18.7 Å². The van der Waals surface area contributed by atoms with E-state index in [1.54, 1.807) is 12.1 Å². The summed E-state index contributed by atoms with van der Waals surface area (Å²) >= 11 is 0.932. The Hall–Kier alpha value is -2.41. The molecule has 1 aliphatic rings. The number of pyridine rings is 1. The number of nitrogens with zero attached hydrogens (tertiary/aromatic N) is 1. The number of hydrogen-bond acceptors (Lipinski definition) is 5. The molecular formula is C19H19FN2O3S. The molecule has 1 atom stereocenters. The molecule has 2 amide bonds. The summed E-state index contributed by atoms with van der Waals surface area (Å²) in [6.45, 7) is 2.39. The van der Waals surface area contributed by atoms with Crippen LogP contribution in [0.5, 0.6) is 5.75 Å². The van der Waals surface area contributed by atoms with Crippen molar-refractivity contribution in [2.24, 2.45) is 0 Å². The standard InChI is InChI=1S/C19H19FN2O3S/c1-2-12-3-5-14(21-11-12)7-8-25-16-6-4-13(9-15(16)20)10-17-18(23)22-19(24)26-17/h3-6,9,11,17H,2,7-8,10H2,1H3,(H,22,23,24). The summed E-state index contributed by atoms with van der Waals surface area (Å²) < 4.78 is 19.7. The Morgan fingerprint density at radius 2 is 2.04 bits per heavy atom. The summed E-state index contributed by atoms with van der Waals surface area (Å²) in [6.07, 6.45) is 3.67. The second-order valence-electron chi connectivity index (χ2n) is 5.96. The minimum absolute atomic E-state index is 0.165. The van der Waals surface area contributed by atoms with Gasteiger partial charge in [-0.3, -0.25) is 19.9 Å². The smallest absolute Gasteiger partial charge is 0.286 e. The number of carbonyl (C=O) groups is 2. The summed E-state index contributed by atoms with van der Waals surface area (Å²) in [7, 11) is 0. The van der Waals surface area contributed by atoms with Crippen molar-refractivity contribution in [3.05, 3.63) is 59.2 Å². The van der Waals surface area contributed by atoms with Gasteiger partial charge in [0.15, 0.2) is 11.6 Å². The number of carbonyl (C=O) groups excluding carboxylic acids is 2. The van der Waals surface area contributed by atoms with E-state index in [0.717, 1.165) is 23.9 Å². The average Bonchev–Trinajstić information content (AvgIpc) is 2.94. The molecule has 2 heterocycles. The molecule has 0 saturated carbocycles. The number of nitrogens with one attached hydrogen (secondary N) is 1. The van der Waals surface area contributed by atoms with E-state index in [1.165, 1.54) is 11.6 Å². The number of rotatable bonds is 7. The predicted molar refractivity (Wildman–Crippen MR) is 97.8 cm³/mol. The van der Waals surface area contributed by atoms with Crippen LogP contribution in [0.25, 0.3) is 0 Å². The van der Waals surface area contributed by atoms with Crippen molar-refractivity contribution in [3.8, 4) is 5.75 Å². The molecular weight excluding hydrogens is 355 g/mol. The summed E-state index contributed by atoms with van der Waals surface area (Å²) in [5, 5.41) is 1.36. The number of thioether (sulfide) groups is 1. The summed E-state index contributed by atoms with van der Waals surface area (Å²) in [4.78, 5) is 27.1. The minimum atomic E-state index is -0.508. The third-order valence-corrected chi connectivity index (χ3v) is 5.08. The van der Waals surface area contributed by atoms with Gasteiger partial charge >= 0.3 is 0 Å². The quantitative estimate of drug-likeness (QED) is 0.805. The molecule has 2 aromatic rings. The fourth-order valence-corrected chi connectivity index (χ4v) is 3.47.